The zero-order chi connectivity index (χ0) is 15.5. The molecule has 3 rings (SSSR count). The van der Waals surface area contributed by atoms with E-state index in [1.165, 1.54) is 0 Å². The number of fused-ring (bicyclic) bond motifs is 1. The van der Waals surface area contributed by atoms with Crippen molar-refractivity contribution < 1.29 is 9.21 Å². The molecule has 1 amide bonds. The van der Waals surface area contributed by atoms with Gasteiger partial charge in [-0.3, -0.25) is 9.78 Å². The average molecular weight is 295 g/mol. The van der Waals surface area contributed by atoms with Crippen molar-refractivity contribution >= 4 is 17.0 Å². The summed E-state index contributed by atoms with van der Waals surface area (Å²) in [6, 6.07) is 9.27. The van der Waals surface area contributed by atoms with Crippen molar-refractivity contribution in [3.63, 3.8) is 0 Å². The number of amides is 1. The van der Waals surface area contributed by atoms with Crippen LogP contribution in [0.4, 0.5) is 0 Å². The molecule has 0 saturated heterocycles. The highest BCUT2D eigenvalue weighted by molar-refractivity contribution is 5.96. The minimum atomic E-state index is -0.0231. The van der Waals surface area contributed by atoms with Gasteiger partial charge >= 0.3 is 0 Å². The summed E-state index contributed by atoms with van der Waals surface area (Å²) < 4.78 is 5.48. The van der Waals surface area contributed by atoms with E-state index in [1.54, 1.807) is 43.4 Å². The summed E-state index contributed by atoms with van der Waals surface area (Å²) in [4.78, 5) is 22.4. The Hall–Kier alpha value is -2.69. The van der Waals surface area contributed by atoms with Gasteiger partial charge in [-0.2, -0.15) is 0 Å². The molecule has 5 heteroatoms. The van der Waals surface area contributed by atoms with Crippen LogP contribution in [-0.2, 0) is 6.42 Å². The fourth-order valence-corrected chi connectivity index (χ4v) is 2.34. The molecule has 22 heavy (non-hydrogen) atoms. The van der Waals surface area contributed by atoms with E-state index in [2.05, 4.69) is 9.97 Å². The lowest BCUT2D eigenvalue weighted by Crippen LogP contribution is -2.28. The summed E-state index contributed by atoms with van der Waals surface area (Å²) in [6.45, 7) is 2.44. The number of pyridine rings is 1. The number of aromatic nitrogens is 2. The summed E-state index contributed by atoms with van der Waals surface area (Å²) in [5, 5.41) is 0. The van der Waals surface area contributed by atoms with E-state index < -0.39 is 0 Å². The lowest BCUT2D eigenvalue weighted by molar-refractivity contribution is 0.0796. The largest absolute Gasteiger partial charge is 0.441 e. The highest BCUT2D eigenvalue weighted by atomic mass is 16.3. The van der Waals surface area contributed by atoms with Crippen LogP contribution in [0, 0.1) is 6.92 Å². The lowest BCUT2D eigenvalue weighted by Gasteiger charge is -2.17. The first-order valence-electron chi connectivity index (χ1n) is 7.15. The minimum Gasteiger partial charge on any atom is -0.441 e. The molecule has 0 aliphatic heterocycles. The number of aryl methyl sites for hydroxylation is 1. The number of oxazole rings is 1. The summed E-state index contributed by atoms with van der Waals surface area (Å²) in [5.74, 6) is 0.579. The van der Waals surface area contributed by atoms with Crippen LogP contribution in [0.5, 0.6) is 0 Å². The number of hydrogen-bond donors (Lipinski definition) is 0. The van der Waals surface area contributed by atoms with Crippen molar-refractivity contribution in [1.82, 2.24) is 14.9 Å². The van der Waals surface area contributed by atoms with Crippen molar-refractivity contribution in [3.8, 4) is 0 Å². The van der Waals surface area contributed by atoms with Crippen LogP contribution in [-0.4, -0.2) is 34.4 Å². The molecule has 0 unspecified atom stereocenters. The summed E-state index contributed by atoms with van der Waals surface area (Å²) >= 11 is 0. The molecule has 0 aliphatic carbocycles. The molecule has 5 nitrogen and oxygen atoms in total. The molecule has 0 bridgehead atoms. The SMILES string of the molecule is Cc1nc2ccc(C(=O)N(C)CCc3ccncc3)cc2o1. The summed E-state index contributed by atoms with van der Waals surface area (Å²) in [6.07, 6.45) is 4.32. The maximum atomic E-state index is 12.5. The van der Waals surface area contributed by atoms with Crippen molar-refractivity contribution in [1.29, 1.82) is 0 Å². The third kappa shape index (κ3) is 2.98. The molecule has 2 aromatic heterocycles. The van der Waals surface area contributed by atoms with Gasteiger partial charge in [0.1, 0.15) is 5.52 Å². The molecule has 1 aromatic carbocycles. The van der Waals surface area contributed by atoms with Gasteiger partial charge in [0.15, 0.2) is 11.5 Å². The first-order chi connectivity index (χ1) is 10.6. The molecule has 2 heterocycles. The second-order valence-electron chi connectivity index (χ2n) is 5.25. The van der Waals surface area contributed by atoms with E-state index in [0.29, 0.717) is 23.6 Å². The molecule has 0 fully saturated rings. The predicted octanol–water partition coefficient (Wildman–Crippen LogP) is 2.85. The number of nitrogens with zero attached hydrogens (tertiary/aromatic N) is 3. The molecule has 0 radical (unpaired) electrons. The molecule has 0 spiro atoms. The minimum absolute atomic E-state index is 0.0231. The Bertz CT molecular complexity index is 796. The number of rotatable bonds is 4. The fourth-order valence-electron chi connectivity index (χ4n) is 2.34. The van der Waals surface area contributed by atoms with Gasteiger partial charge in [0.05, 0.1) is 0 Å². The normalized spacial score (nSPS) is 10.8. The standard InChI is InChI=1S/C17H17N3O2/c1-12-19-15-4-3-14(11-16(15)22-12)17(21)20(2)10-7-13-5-8-18-9-6-13/h3-6,8-9,11H,7,10H2,1-2H3. The van der Waals surface area contributed by atoms with Crippen molar-refractivity contribution in [2.75, 3.05) is 13.6 Å². The van der Waals surface area contributed by atoms with E-state index in [0.717, 1.165) is 17.5 Å². The smallest absolute Gasteiger partial charge is 0.253 e. The summed E-state index contributed by atoms with van der Waals surface area (Å²) in [5.41, 5.74) is 3.19. The monoisotopic (exact) mass is 295 g/mol. The second kappa shape index (κ2) is 5.97. The summed E-state index contributed by atoms with van der Waals surface area (Å²) in [7, 11) is 1.80. The van der Waals surface area contributed by atoms with Crippen LogP contribution in [0.3, 0.4) is 0 Å². The van der Waals surface area contributed by atoms with Crippen molar-refractivity contribution in [3.05, 3.63) is 59.7 Å². The molecule has 112 valence electrons. The van der Waals surface area contributed by atoms with Crippen LogP contribution in [0.2, 0.25) is 0 Å². The molecular weight excluding hydrogens is 278 g/mol. The number of likely N-dealkylation sites (N-methyl/N-ethyl adjacent to an activating group) is 1. The molecule has 3 aromatic rings. The first-order valence-corrected chi connectivity index (χ1v) is 7.15. The molecule has 0 aliphatic rings. The van der Waals surface area contributed by atoms with E-state index in [4.69, 9.17) is 4.42 Å². The van der Waals surface area contributed by atoms with Gasteiger partial charge in [-0.15, -0.1) is 0 Å². The zero-order valence-electron chi connectivity index (χ0n) is 12.6. The maximum absolute atomic E-state index is 12.5. The third-order valence-corrected chi connectivity index (χ3v) is 3.57. The topological polar surface area (TPSA) is 59.2 Å². The lowest BCUT2D eigenvalue weighted by atomic mass is 10.1. The Morgan fingerprint density at radius 3 is 2.77 bits per heavy atom. The van der Waals surface area contributed by atoms with Crippen LogP contribution in [0.1, 0.15) is 21.8 Å². The maximum Gasteiger partial charge on any atom is 0.253 e. The van der Waals surface area contributed by atoms with Crippen LogP contribution >= 0.6 is 0 Å². The Morgan fingerprint density at radius 2 is 2.00 bits per heavy atom. The van der Waals surface area contributed by atoms with Gasteiger partial charge in [0.2, 0.25) is 0 Å². The predicted molar refractivity (Wildman–Crippen MR) is 83.6 cm³/mol. The third-order valence-electron chi connectivity index (χ3n) is 3.57. The van der Waals surface area contributed by atoms with E-state index >= 15 is 0 Å². The number of carbonyl (C=O) groups is 1. The fraction of sp³-hybridized carbons (Fsp3) is 0.235. The number of benzene rings is 1. The van der Waals surface area contributed by atoms with Crippen LogP contribution < -0.4 is 0 Å². The Balaban J connectivity index is 1.71. The first kappa shape index (κ1) is 14.3. The highest BCUT2D eigenvalue weighted by Gasteiger charge is 2.13. The molecule has 0 atom stereocenters. The van der Waals surface area contributed by atoms with E-state index in [1.807, 2.05) is 18.2 Å². The van der Waals surface area contributed by atoms with Crippen LogP contribution in [0.15, 0.2) is 47.1 Å². The zero-order valence-corrected chi connectivity index (χ0v) is 12.6. The van der Waals surface area contributed by atoms with Gasteiger partial charge in [-0.25, -0.2) is 4.98 Å². The van der Waals surface area contributed by atoms with Crippen LogP contribution in [0.25, 0.3) is 11.1 Å². The van der Waals surface area contributed by atoms with Gasteiger partial charge in [-0.05, 0) is 42.3 Å². The highest BCUT2D eigenvalue weighted by Crippen LogP contribution is 2.17. The van der Waals surface area contributed by atoms with E-state index in [9.17, 15) is 4.79 Å². The molecule has 0 N–H and O–H groups in total. The van der Waals surface area contributed by atoms with E-state index in [-0.39, 0.29) is 5.91 Å². The molecule has 0 saturated carbocycles. The number of hydrogen-bond acceptors (Lipinski definition) is 4. The van der Waals surface area contributed by atoms with Crippen molar-refractivity contribution in [2.24, 2.45) is 0 Å². The number of carbonyl (C=O) groups excluding carboxylic acids is 1. The van der Waals surface area contributed by atoms with Crippen molar-refractivity contribution in [2.45, 2.75) is 13.3 Å². The Kier molecular flexibility index (Phi) is 3.87. The van der Waals surface area contributed by atoms with Gasteiger partial charge in [-0.1, -0.05) is 0 Å². The molecular formula is C17H17N3O2. The average Bonchev–Trinajstić information content (AvgIpc) is 2.92. The van der Waals surface area contributed by atoms with Gasteiger partial charge in [0, 0.05) is 38.5 Å². The van der Waals surface area contributed by atoms with Gasteiger partial charge in [0.25, 0.3) is 5.91 Å². The van der Waals surface area contributed by atoms with Gasteiger partial charge < -0.3 is 9.32 Å². The quantitative estimate of drug-likeness (QED) is 0.742. The second-order valence-corrected chi connectivity index (χ2v) is 5.25. The Labute approximate surface area is 128 Å². The Morgan fingerprint density at radius 1 is 1.23 bits per heavy atom.